The predicted molar refractivity (Wildman–Crippen MR) is 69.4 cm³/mol. The van der Waals surface area contributed by atoms with Crippen LogP contribution in [0.3, 0.4) is 0 Å². The number of nitrogens with zero attached hydrogens (tertiary/aromatic N) is 1. The van der Waals surface area contributed by atoms with Gasteiger partial charge in [-0.05, 0) is 12.1 Å². The lowest BCUT2D eigenvalue weighted by atomic mass is 10.1. The Morgan fingerprint density at radius 2 is 2.20 bits per heavy atom. The molecule has 0 aliphatic rings. The van der Waals surface area contributed by atoms with Crippen LogP contribution in [0.15, 0.2) is 23.4 Å². The molecular formula is C11H13ClF3N3O2. The summed E-state index contributed by atoms with van der Waals surface area (Å²) >= 11 is 5.85. The summed E-state index contributed by atoms with van der Waals surface area (Å²) in [7, 11) is 1.42. The summed E-state index contributed by atoms with van der Waals surface area (Å²) in [6.45, 7) is -0.619. The number of ether oxygens (including phenoxy) is 1. The Bertz CT molecular complexity index is 494. The first-order chi connectivity index (χ1) is 9.29. The number of nitrogens with two attached hydrogens (primary N) is 1. The average Bonchev–Trinajstić information content (AvgIpc) is 2.39. The molecule has 1 atom stereocenters. The highest BCUT2D eigenvalue weighted by Crippen LogP contribution is 2.30. The van der Waals surface area contributed by atoms with Crippen LogP contribution in [-0.4, -0.2) is 30.9 Å². The van der Waals surface area contributed by atoms with Crippen molar-refractivity contribution in [2.75, 3.05) is 19.0 Å². The van der Waals surface area contributed by atoms with E-state index >= 15 is 0 Å². The molecule has 0 fully saturated rings. The van der Waals surface area contributed by atoms with Crippen LogP contribution in [0, 0.1) is 5.92 Å². The summed E-state index contributed by atoms with van der Waals surface area (Å²) in [5, 5.41) is 13.5. The van der Waals surface area contributed by atoms with Gasteiger partial charge in [-0.2, -0.15) is 13.2 Å². The molecule has 0 radical (unpaired) electrons. The Balaban J connectivity index is 2.88. The normalized spacial score (nSPS) is 13.9. The number of alkyl halides is 3. The molecule has 0 heterocycles. The molecule has 9 heteroatoms. The maximum atomic E-state index is 12.7. The first kappa shape index (κ1) is 16.2. The number of amidine groups is 1. The highest BCUT2D eigenvalue weighted by atomic mass is 35.5. The number of halogens is 4. The molecule has 5 nitrogen and oxygen atoms in total. The van der Waals surface area contributed by atoms with Gasteiger partial charge in [0.05, 0.1) is 17.8 Å². The molecule has 0 saturated carbocycles. The summed E-state index contributed by atoms with van der Waals surface area (Å²) in [6, 6.07) is 4.50. The van der Waals surface area contributed by atoms with Gasteiger partial charge in [-0.1, -0.05) is 16.8 Å². The standard InChI is InChI=1S/C11H13ClF3N3O2/c1-20-6-2-3-8(12)9(4-6)17-5-7(10(16)18-19)11(13,14)15/h2-4,7,17,19H,5H2,1H3,(H2,16,18). The van der Waals surface area contributed by atoms with Crippen LogP contribution in [0.25, 0.3) is 0 Å². The van der Waals surface area contributed by atoms with Crippen LogP contribution in [0.1, 0.15) is 0 Å². The monoisotopic (exact) mass is 311 g/mol. The number of methoxy groups -OCH3 is 1. The summed E-state index contributed by atoms with van der Waals surface area (Å²) in [5.41, 5.74) is 5.30. The number of anilines is 1. The van der Waals surface area contributed by atoms with Gasteiger partial charge in [0.15, 0.2) is 5.84 Å². The van der Waals surface area contributed by atoms with Gasteiger partial charge < -0.3 is 21.0 Å². The fourth-order valence-electron chi connectivity index (χ4n) is 1.44. The number of hydrogen-bond acceptors (Lipinski definition) is 4. The van der Waals surface area contributed by atoms with Crippen molar-refractivity contribution in [1.29, 1.82) is 0 Å². The lowest BCUT2D eigenvalue weighted by Crippen LogP contribution is -2.40. The summed E-state index contributed by atoms with van der Waals surface area (Å²) in [5.74, 6) is -2.62. The molecule has 4 N–H and O–H groups in total. The van der Waals surface area contributed by atoms with Gasteiger partial charge in [0, 0.05) is 12.6 Å². The Hall–Kier alpha value is -1.83. The van der Waals surface area contributed by atoms with Crippen molar-refractivity contribution in [3.8, 4) is 5.75 Å². The van der Waals surface area contributed by atoms with E-state index in [0.29, 0.717) is 5.75 Å². The summed E-state index contributed by atoms with van der Waals surface area (Å²) in [6.07, 6.45) is -4.64. The molecule has 0 saturated heterocycles. The Labute approximate surface area is 118 Å². The molecule has 0 aromatic heterocycles. The zero-order valence-electron chi connectivity index (χ0n) is 10.4. The highest BCUT2D eigenvalue weighted by molar-refractivity contribution is 6.33. The Morgan fingerprint density at radius 3 is 2.70 bits per heavy atom. The van der Waals surface area contributed by atoms with E-state index < -0.39 is 24.5 Å². The molecule has 20 heavy (non-hydrogen) atoms. The molecule has 0 spiro atoms. The van der Waals surface area contributed by atoms with E-state index in [1.807, 2.05) is 0 Å². The minimum atomic E-state index is -4.64. The third kappa shape index (κ3) is 4.09. The number of hydrogen-bond donors (Lipinski definition) is 3. The highest BCUT2D eigenvalue weighted by Gasteiger charge is 2.42. The van der Waals surface area contributed by atoms with Crippen LogP contribution in [0.2, 0.25) is 5.02 Å². The average molecular weight is 312 g/mol. The molecule has 1 aromatic carbocycles. The molecular weight excluding hydrogens is 299 g/mol. The first-order valence-electron chi connectivity index (χ1n) is 5.41. The summed E-state index contributed by atoms with van der Waals surface area (Å²) < 4.78 is 43.2. The molecule has 0 aliphatic heterocycles. The van der Waals surface area contributed by atoms with Crippen LogP contribution < -0.4 is 15.8 Å². The minimum absolute atomic E-state index is 0.228. The van der Waals surface area contributed by atoms with Crippen LogP contribution >= 0.6 is 11.6 Å². The smallest absolute Gasteiger partial charge is 0.400 e. The van der Waals surface area contributed by atoms with E-state index in [1.165, 1.54) is 19.2 Å². The number of rotatable bonds is 5. The van der Waals surface area contributed by atoms with E-state index in [0.717, 1.165) is 0 Å². The fraction of sp³-hybridized carbons (Fsp3) is 0.364. The van der Waals surface area contributed by atoms with E-state index in [4.69, 9.17) is 27.3 Å². The lowest BCUT2D eigenvalue weighted by Gasteiger charge is -2.20. The second kappa shape index (κ2) is 6.56. The molecule has 112 valence electrons. The third-order valence-corrected chi connectivity index (χ3v) is 2.87. The van der Waals surface area contributed by atoms with Crippen molar-refractivity contribution in [2.45, 2.75) is 6.18 Å². The zero-order chi connectivity index (χ0) is 15.3. The van der Waals surface area contributed by atoms with Crippen LogP contribution in [0.4, 0.5) is 18.9 Å². The van der Waals surface area contributed by atoms with Gasteiger partial charge in [-0.25, -0.2) is 0 Å². The Kier molecular flexibility index (Phi) is 5.32. The topological polar surface area (TPSA) is 79.9 Å². The van der Waals surface area contributed by atoms with Crippen LogP contribution in [0.5, 0.6) is 5.75 Å². The third-order valence-electron chi connectivity index (χ3n) is 2.54. The van der Waals surface area contributed by atoms with Gasteiger partial charge in [-0.15, -0.1) is 0 Å². The number of oxime groups is 1. The number of nitrogens with one attached hydrogen (secondary N) is 1. The molecule has 0 bridgehead atoms. The number of benzene rings is 1. The quantitative estimate of drug-likeness (QED) is 0.338. The predicted octanol–water partition coefficient (Wildman–Crippen LogP) is 2.69. The van der Waals surface area contributed by atoms with Crippen LogP contribution in [-0.2, 0) is 0 Å². The van der Waals surface area contributed by atoms with Gasteiger partial charge in [0.25, 0.3) is 0 Å². The SMILES string of the molecule is COc1ccc(Cl)c(NCC(/C(N)=N/O)C(F)(F)F)c1. The van der Waals surface area contributed by atoms with Gasteiger partial charge in [-0.3, -0.25) is 0 Å². The van der Waals surface area contributed by atoms with Crippen molar-refractivity contribution in [3.05, 3.63) is 23.2 Å². The van der Waals surface area contributed by atoms with E-state index in [9.17, 15) is 13.2 Å². The molecule has 1 aromatic rings. The van der Waals surface area contributed by atoms with Gasteiger partial charge in [0.1, 0.15) is 11.7 Å². The molecule has 1 rings (SSSR count). The lowest BCUT2D eigenvalue weighted by molar-refractivity contribution is -0.152. The van der Waals surface area contributed by atoms with Crippen molar-refractivity contribution < 1.29 is 23.1 Å². The Morgan fingerprint density at radius 1 is 1.55 bits per heavy atom. The molecule has 0 aliphatic carbocycles. The van der Waals surface area contributed by atoms with Gasteiger partial charge >= 0.3 is 6.18 Å². The van der Waals surface area contributed by atoms with E-state index in [1.54, 1.807) is 6.07 Å². The van der Waals surface area contributed by atoms with Crippen molar-refractivity contribution in [3.63, 3.8) is 0 Å². The van der Waals surface area contributed by atoms with E-state index in [2.05, 4.69) is 10.5 Å². The molecule has 0 amide bonds. The first-order valence-corrected chi connectivity index (χ1v) is 5.79. The fourth-order valence-corrected chi connectivity index (χ4v) is 1.62. The van der Waals surface area contributed by atoms with Crippen molar-refractivity contribution >= 4 is 23.1 Å². The second-order valence-electron chi connectivity index (χ2n) is 3.85. The largest absolute Gasteiger partial charge is 0.497 e. The minimum Gasteiger partial charge on any atom is -0.497 e. The van der Waals surface area contributed by atoms with Crippen molar-refractivity contribution in [1.82, 2.24) is 0 Å². The van der Waals surface area contributed by atoms with E-state index in [-0.39, 0.29) is 10.7 Å². The zero-order valence-corrected chi connectivity index (χ0v) is 11.2. The maximum Gasteiger partial charge on any atom is 0.400 e. The van der Waals surface area contributed by atoms with Gasteiger partial charge in [0.2, 0.25) is 0 Å². The molecule has 1 unspecified atom stereocenters. The van der Waals surface area contributed by atoms with Crippen molar-refractivity contribution in [2.24, 2.45) is 16.8 Å². The summed E-state index contributed by atoms with van der Waals surface area (Å²) in [4.78, 5) is 0. The second-order valence-corrected chi connectivity index (χ2v) is 4.25. The maximum absolute atomic E-state index is 12.7.